The number of rotatable bonds is 5. The molecular weight excluding hydrogens is 228 g/mol. The largest absolute Gasteiger partial charge is 0.394 e. The predicted octanol–water partition coefficient (Wildman–Crippen LogP) is 1.75. The summed E-state index contributed by atoms with van der Waals surface area (Å²) < 4.78 is 0. The number of aliphatic hydroxyl groups excluding tert-OH is 1. The van der Waals surface area contributed by atoms with E-state index in [1.807, 2.05) is 12.1 Å². The van der Waals surface area contributed by atoms with Gasteiger partial charge in [0.15, 0.2) is 0 Å². The van der Waals surface area contributed by atoms with Crippen molar-refractivity contribution in [3.8, 4) is 0 Å². The first-order valence-corrected chi connectivity index (χ1v) is 5.52. The molecule has 1 aromatic rings. The number of hydrogen-bond acceptors (Lipinski definition) is 4. The van der Waals surface area contributed by atoms with Crippen LogP contribution in [-0.4, -0.2) is 23.3 Å². The molecule has 1 aliphatic rings. The van der Waals surface area contributed by atoms with Crippen LogP contribution < -0.4 is 5.48 Å². The van der Waals surface area contributed by atoms with Gasteiger partial charge in [-0.05, 0) is 30.5 Å². The smallest absolute Gasteiger partial charge is 0.138 e. The van der Waals surface area contributed by atoms with Crippen molar-refractivity contribution in [1.29, 1.82) is 0 Å². The first-order valence-electron chi connectivity index (χ1n) is 5.14. The Kier molecular flexibility index (Phi) is 3.77. The lowest BCUT2D eigenvalue weighted by atomic mass is 10.2. The number of halogens is 1. The van der Waals surface area contributed by atoms with E-state index >= 15 is 0 Å². The maximum Gasteiger partial charge on any atom is 0.138 e. The standard InChI is InChI=1S/C11H13ClN2O2/c12-11-9(2-1-5-13-11)10(8-3-4-8)14-16-7-6-15/h1-2,5,14-15H,3-4,6-7H2. The second-order valence-corrected chi connectivity index (χ2v) is 3.85. The minimum atomic E-state index is -0.0175. The lowest BCUT2D eigenvalue weighted by Gasteiger charge is -2.11. The summed E-state index contributed by atoms with van der Waals surface area (Å²) in [6.45, 7) is 0.227. The summed E-state index contributed by atoms with van der Waals surface area (Å²) in [7, 11) is 0. The summed E-state index contributed by atoms with van der Waals surface area (Å²) in [5.41, 5.74) is 5.83. The number of nitrogens with zero attached hydrogens (tertiary/aromatic N) is 1. The molecule has 2 N–H and O–H groups in total. The Morgan fingerprint density at radius 2 is 2.38 bits per heavy atom. The van der Waals surface area contributed by atoms with Crippen LogP contribution in [0.3, 0.4) is 0 Å². The average Bonchev–Trinajstić information content (AvgIpc) is 3.10. The third kappa shape index (κ3) is 2.72. The molecule has 0 atom stereocenters. The topological polar surface area (TPSA) is 54.4 Å². The van der Waals surface area contributed by atoms with Gasteiger partial charge in [0.2, 0.25) is 0 Å². The SMILES string of the molecule is OCCONC(=C1CC1)c1cccnc1Cl. The van der Waals surface area contributed by atoms with Crippen LogP contribution in [0.2, 0.25) is 5.15 Å². The molecule has 86 valence electrons. The first-order chi connectivity index (χ1) is 7.83. The van der Waals surface area contributed by atoms with E-state index in [0.29, 0.717) is 5.15 Å². The fourth-order valence-corrected chi connectivity index (χ4v) is 1.59. The molecule has 2 rings (SSSR count). The van der Waals surface area contributed by atoms with Crippen LogP contribution >= 0.6 is 11.6 Å². The molecule has 1 heterocycles. The molecule has 0 saturated heterocycles. The molecule has 0 radical (unpaired) electrons. The molecule has 1 aromatic heterocycles. The van der Waals surface area contributed by atoms with Crippen molar-refractivity contribution in [2.75, 3.05) is 13.2 Å². The van der Waals surface area contributed by atoms with E-state index < -0.39 is 0 Å². The number of hydroxylamine groups is 1. The summed E-state index contributed by atoms with van der Waals surface area (Å²) in [5.74, 6) is 0. The van der Waals surface area contributed by atoms with E-state index in [-0.39, 0.29) is 13.2 Å². The van der Waals surface area contributed by atoms with Crippen molar-refractivity contribution in [2.45, 2.75) is 12.8 Å². The quantitative estimate of drug-likeness (QED) is 0.468. The third-order valence-corrected chi connectivity index (χ3v) is 2.55. The van der Waals surface area contributed by atoms with E-state index in [1.165, 1.54) is 5.57 Å². The summed E-state index contributed by atoms with van der Waals surface area (Å²) in [5, 5.41) is 9.09. The van der Waals surface area contributed by atoms with Crippen LogP contribution in [0.5, 0.6) is 0 Å². The van der Waals surface area contributed by atoms with Gasteiger partial charge < -0.3 is 5.11 Å². The minimum Gasteiger partial charge on any atom is -0.394 e. The van der Waals surface area contributed by atoms with Gasteiger partial charge in [-0.15, -0.1) is 0 Å². The molecule has 1 aliphatic carbocycles. The average molecular weight is 241 g/mol. The highest BCUT2D eigenvalue weighted by Gasteiger charge is 2.21. The molecule has 4 nitrogen and oxygen atoms in total. The zero-order valence-corrected chi connectivity index (χ0v) is 9.50. The van der Waals surface area contributed by atoms with Crippen molar-refractivity contribution in [3.63, 3.8) is 0 Å². The molecule has 0 bridgehead atoms. The van der Waals surface area contributed by atoms with Crippen molar-refractivity contribution in [2.24, 2.45) is 0 Å². The number of aliphatic hydroxyl groups is 1. The predicted molar refractivity (Wildman–Crippen MR) is 61.6 cm³/mol. The van der Waals surface area contributed by atoms with Crippen LogP contribution in [0.1, 0.15) is 18.4 Å². The second-order valence-electron chi connectivity index (χ2n) is 3.49. The molecule has 1 saturated carbocycles. The van der Waals surface area contributed by atoms with Crippen molar-refractivity contribution in [1.82, 2.24) is 10.5 Å². The Morgan fingerprint density at radius 3 is 3.00 bits per heavy atom. The Labute approximate surface area is 98.9 Å². The third-order valence-electron chi connectivity index (χ3n) is 2.25. The Morgan fingerprint density at radius 1 is 1.56 bits per heavy atom. The lowest BCUT2D eigenvalue weighted by molar-refractivity contribution is 0.0478. The summed E-state index contributed by atoms with van der Waals surface area (Å²) in [4.78, 5) is 9.14. The van der Waals surface area contributed by atoms with Gasteiger partial charge in [-0.25, -0.2) is 4.98 Å². The molecule has 0 unspecified atom stereocenters. The van der Waals surface area contributed by atoms with Crippen molar-refractivity contribution < 1.29 is 9.94 Å². The minimum absolute atomic E-state index is 0.0175. The first kappa shape index (κ1) is 11.4. The second kappa shape index (κ2) is 5.30. The number of nitrogens with one attached hydrogen (secondary N) is 1. The number of hydrogen-bond donors (Lipinski definition) is 2. The Bertz CT molecular complexity index is 401. The summed E-state index contributed by atoms with van der Waals surface area (Å²) in [6, 6.07) is 3.73. The molecule has 5 heteroatoms. The molecule has 16 heavy (non-hydrogen) atoms. The monoisotopic (exact) mass is 240 g/mol. The van der Waals surface area contributed by atoms with Crippen LogP contribution in [-0.2, 0) is 4.84 Å². The van der Waals surface area contributed by atoms with Gasteiger partial charge in [0.05, 0.1) is 18.9 Å². The van der Waals surface area contributed by atoms with Gasteiger partial charge in [0.1, 0.15) is 5.15 Å². The zero-order valence-electron chi connectivity index (χ0n) is 8.74. The van der Waals surface area contributed by atoms with Crippen molar-refractivity contribution in [3.05, 3.63) is 34.6 Å². The number of allylic oxidation sites excluding steroid dienone is 1. The van der Waals surface area contributed by atoms with E-state index in [2.05, 4.69) is 10.5 Å². The highest BCUT2D eigenvalue weighted by atomic mass is 35.5. The summed E-state index contributed by atoms with van der Waals surface area (Å²) >= 11 is 6.01. The van der Waals surface area contributed by atoms with Gasteiger partial charge in [-0.2, -0.15) is 0 Å². The molecule has 0 aliphatic heterocycles. The van der Waals surface area contributed by atoms with Gasteiger partial charge in [-0.1, -0.05) is 11.6 Å². The Hall–Kier alpha value is -1.10. The van der Waals surface area contributed by atoms with E-state index in [1.54, 1.807) is 6.20 Å². The molecule has 0 aromatic carbocycles. The lowest BCUT2D eigenvalue weighted by Crippen LogP contribution is -2.16. The van der Waals surface area contributed by atoms with Gasteiger partial charge in [0.25, 0.3) is 0 Å². The maximum absolute atomic E-state index is 8.64. The van der Waals surface area contributed by atoms with Gasteiger partial charge >= 0.3 is 0 Å². The molecular formula is C11H13ClN2O2. The van der Waals surface area contributed by atoms with E-state index in [4.69, 9.17) is 21.5 Å². The summed E-state index contributed by atoms with van der Waals surface area (Å²) in [6.07, 6.45) is 3.75. The fourth-order valence-electron chi connectivity index (χ4n) is 1.37. The highest BCUT2D eigenvalue weighted by molar-refractivity contribution is 6.31. The van der Waals surface area contributed by atoms with Gasteiger partial charge in [0, 0.05) is 11.8 Å². The van der Waals surface area contributed by atoms with Crippen LogP contribution in [0.25, 0.3) is 5.70 Å². The zero-order chi connectivity index (χ0) is 11.4. The number of aromatic nitrogens is 1. The molecule has 0 spiro atoms. The van der Waals surface area contributed by atoms with Crippen LogP contribution in [0, 0.1) is 0 Å². The Balaban J connectivity index is 2.15. The van der Waals surface area contributed by atoms with E-state index in [9.17, 15) is 0 Å². The van der Waals surface area contributed by atoms with E-state index in [0.717, 1.165) is 24.1 Å². The highest BCUT2D eigenvalue weighted by Crippen LogP contribution is 2.36. The van der Waals surface area contributed by atoms with Crippen LogP contribution in [0.15, 0.2) is 23.9 Å². The van der Waals surface area contributed by atoms with Crippen molar-refractivity contribution >= 4 is 17.3 Å². The van der Waals surface area contributed by atoms with Gasteiger partial charge in [-0.3, -0.25) is 10.3 Å². The fraction of sp³-hybridized carbons (Fsp3) is 0.364. The molecule has 0 amide bonds. The van der Waals surface area contributed by atoms with Crippen LogP contribution in [0.4, 0.5) is 0 Å². The normalized spacial score (nSPS) is 13.8. The number of pyridine rings is 1. The molecule has 1 fully saturated rings. The maximum atomic E-state index is 8.64.